The van der Waals surface area contributed by atoms with Gasteiger partial charge < -0.3 is 0 Å². The summed E-state index contributed by atoms with van der Waals surface area (Å²) in [5.74, 6) is 0.715. The van der Waals surface area contributed by atoms with Crippen LogP contribution in [0.1, 0.15) is 11.4 Å². The van der Waals surface area contributed by atoms with E-state index in [1.807, 2.05) is 54.7 Å². The fraction of sp³-hybridized carbons (Fsp3) is 0. The van der Waals surface area contributed by atoms with Gasteiger partial charge in [-0.1, -0.05) is 24.3 Å². The summed E-state index contributed by atoms with van der Waals surface area (Å²) in [6.07, 6.45) is 7.44. The average molecular weight is 359 g/mol. The first-order chi connectivity index (χ1) is 9.33. The zero-order chi connectivity index (χ0) is 13.1. The predicted molar refractivity (Wildman–Crippen MR) is 85.4 cm³/mol. The lowest BCUT2D eigenvalue weighted by molar-refractivity contribution is 1.16. The van der Waals surface area contributed by atoms with Crippen LogP contribution in [0.25, 0.3) is 23.1 Å². The maximum Gasteiger partial charge on any atom is 0.153 e. The topological polar surface area (TPSA) is 38.7 Å². The lowest BCUT2D eigenvalue weighted by Crippen LogP contribution is -1.92. The molecule has 0 aliphatic heterocycles. The third kappa shape index (κ3) is 2.78. The lowest BCUT2D eigenvalue weighted by atomic mass is 10.2. The van der Waals surface area contributed by atoms with Gasteiger partial charge in [0, 0.05) is 17.8 Å². The highest BCUT2D eigenvalue weighted by molar-refractivity contribution is 14.1. The van der Waals surface area contributed by atoms with Crippen molar-refractivity contribution in [3.8, 4) is 0 Å². The molecule has 0 amide bonds. The molecule has 0 aliphatic carbocycles. The molecule has 1 aromatic carbocycles. The molecule has 3 aromatic rings. The number of rotatable bonds is 2. The number of benzene rings is 1. The third-order valence-corrected chi connectivity index (χ3v) is 3.51. The summed E-state index contributed by atoms with van der Waals surface area (Å²) in [6, 6.07) is 11.9. The molecule has 0 aliphatic rings. The van der Waals surface area contributed by atoms with Gasteiger partial charge in [-0.3, -0.25) is 4.98 Å². The van der Waals surface area contributed by atoms with Gasteiger partial charge in [0.05, 0.1) is 5.52 Å². The first-order valence-corrected chi connectivity index (χ1v) is 6.91. The van der Waals surface area contributed by atoms with Gasteiger partial charge in [0.1, 0.15) is 3.70 Å². The van der Waals surface area contributed by atoms with Crippen LogP contribution >= 0.6 is 22.6 Å². The van der Waals surface area contributed by atoms with Crippen LogP contribution in [0.3, 0.4) is 0 Å². The van der Waals surface area contributed by atoms with Crippen molar-refractivity contribution >= 4 is 45.6 Å². The van der Waals surface area contributed by atoms with Gasteiger partial charge in [-0.05, 0) is 52.4 Å². The Kier molecular flexibility index (Phi) is 3.50. The minimum absolute atomic E-state index is 0.715. The number of halogens is 1. The molecule has 0 unspecified atom stereocenters. The van der Waals surface area contributed by atoms with Gasteiger partial charge in [-0.25, -0.2) is 9.97 Å². The van der Waals surface area contributed by atoms with Gasteiger partial charge in [-0.2, -0.15) is 0 Å². The molecule has 0 spiro atoms. The second kappa shape index (κ2) is 5.44. The van der Waals surface area contributed by atoms with Crippen LogP contribution in [-0.2, 0) is 0 Å². The van der Waals surface area contributed by atoms with Crippen molar-refractivity contribution in [2.75, 3.05) is 0 Å². The van der Waals surface area contributed by atoms with Crippen LogP contribution in [0.15, 0.2) is 48.8 Å². The highest BCUT2D eigenvalue weighted by Gasteiger charge is 2.02. The summed E-state index contributed by atoms with van der Waals surface area (Å²) in [7, 11) is 0. The Morgan fingerprint density at radius 3 is 2.68 bits per heavy atom. The molecule has 92 valence electrons. The van der Waals surface area contributed by atoms with E-state index >= 15 is 0 Å². The Labute approximate surface area is 124 Å². The average Bonchev–Trinajstić information content (AvgIpc) is 2.46. The first-order valence-electron chi connectivity index (χ1n) is 5.83. The Hall–Kier alpha value is -1.82. The van der Waals surface area contributed by atoms with Crippen molar-refractivity contribution in [3.63, 3.8) is 0 Å². The van der Waals surface area contributed by atoms with E-state index in [1.54, 1.807) is 6.20 Å². The Balaban J connectivity index is 2.00. The Bertz CT molecular complexity index is 739. The monoisotopic (exact) mass is 359 g/mol. The summed E-state index contributed by atoms with van der Waals surface area (Å²) in [5, 5.41) is 1.08. The summed E-state index contributed by atoms with van der Waals surface area (Å²) < 4.78 is 0.967. The molecular weight excluding hydrogens is 349 g/mol. The van der Waals surface area contributed by atoms with Crippen molar-refractivity contribution in [2.45, 2.75) is 0 Å². The van der Waals surface area contributed by atoms with Gasteiger partial charge >= 0.3 is 0 Å². The molecule has 0 fully saturated rings. The standard InChI is InChI=1S/C15H10IN3/c16-15-12-5-1-2-6-13(12)18-14(19-15)8-7-11-4-3-9-17-10-11/h1-10H/b8-7+. The predicted octanol–water partition coefficient (Wildman–Crippen LogP) is 3.80. The second-order valence-electron chi connectivity index (χ2n) is 4.01. The Morgan fingerprint density at radius 2 is 1.84 bits per heavy atom. The number of pyridine rings is 1. The summed E-state index contributed by atoms with van der Waals surface area (Å²) in [5.41, 5.74) is 2.00. The summed E-state index contributed by atoms with van der Waals surface area (Å²) in [6.45, 7) is 0. The van der Waals surface area contributed by atoms with Crippen molar-refractivity contribution in [1.29, 1.82) is 0 Å². The zero-order valence-corrected chi connectivity index (χ0v) is 12.2. The second-order valence-corrected chi connectivity index (χ2v) is 5.03. The highest BCUT2D eigenvalue weighted by Crippen LogP contribution is 2.17. The molecule has 3 rings (SSSR count). The van der Waals surface area contributed by atoms with E-state index in [4.69, 9.17) is 0 Å². The molecule has 2 aromatic heterocycles. The molecule has 0 saturated heterocycles. The molecule has 0 bridgehead atoms. The summed E-state index contributed by atoms with van der Waals surface area (Å²) >= 11 is 2.24. The number of fused-ring (bicyclic) bond motifs is 1. The van der Waals surface area contributed by atoms with Crippen LogP contribution in [-0.4, -0.2) is 15.0 Å². The van der Waals surface area contributed by atoms with Gasteiger partial charge in [0.2, 0.25) is 0 Å². The molecule has 3 nitrogen and oxygen atoms in total. The lowest BCUT2D eigenvalue weighted by Gasteiger charge is -2.01. The van der Waals surface area contributed by atoms with Crippen LogP contribution in [0.2, 0.25) is 0 Å². The van der Waals surface area contributed by atoms with E-state index < -0.39 is 0 Å². The van der Waals surface area contributed by atoms with Gasteiger partial charge in [-0.15, -0.1) is 0 Å². The SMILES string of the molecule is Ic1nc(/C=C/c2cccnc2)nc2ccccc12. The number of hydrogen-bond acceptors (Lipinski definition) is 3. The van der Waals surface area contributed by atoms with Crippen molar-refractivity contribution in [2.24, 2.45) is 0 Å². The number of nitrogens with zero attached hydrogens (tertiary/aromatic N) is 3. The van der Waals surface area contributed by atoms with Crippen LogP contribution in [0, 0.1) is 3.70 Å². The maximum absolute atomic E-state index is 4.53. The molecule has 0 saturated carbocycles. The quantitative estimate of drug-likeness (QED) is 0.516. The molecule has 0 atom stereocenters. The summed E-state index contributed by atoms with van der Waals surface area (Å²) in [4.78, 5) is 13.1. The van der Waals surface area contributed by atoms with E-state index in [1.165, 1.54) is 0 Å². The minimum atomic E-state index is 0.715. The van der Waals surface area contributed by atoms with Crippen molar-refractivity contribution in [3.05, 3.63) is 63.9 Å². The van der Waals surface area contributed by atoms with Crippen molar-refractivity contribution in [1.82, 2.24) is 15.0 Å². The van der Waals surface area contributed by atoms with E-state index in [0.29, 0.717) is 5.82 Å². The van der Waals surface area contributed by atoms with Crippen LogP contribution < -0.4 is 0 Å². The van der Waals surface area contributed by atoms with Gasteiger partial charge in [0.15, 0.2) is 5.82 Å². The molecular formula is C15H10IN3. The van der Waals surface area contributed by atoms with Crippen molar-refractivity contribution < 1.29 is 0 Å². The fourth-order valence-corrected chi connectivity index (χ4v) is 2.48. The molecule has 0 radical (unpaired) electrons. The number of para-hydroxylation sites is 1. The van der Waals surface area contributed by atoms with Crippen LogP contribution in [0.5, 0.6) is 0 Å². The molecule has 2 heterocycles. The normalized spacial score (nSPS) is 11.2. The van der Waals surface area contributed by atoms with E-state index in [2.05, 4.69) is 37.5 Å². The van der Waals surface area contributed by atoms with E-state index in [0.717, 1.165) is 20.2 Å². The van der Waals surface area contributed by atoms with E-state index in [-0.39, 0.29) is 0 Å². The number of aromatic nitrogens is 3. The van der Waals surface area contributed by atoms with Gasteiger partial charge in [0.25, 0.3) is 0 Å². The third-order valence-electron chi connectivity index (χ3n) is 2.68. The maximum atomic E-state index is 4.53. The molecule has 4 heteroatoms. The largest absolute Gasteiger partial charge is 0.264 e. The fourth-order valence-electron chi connectivity index (χ4n) is 1.77. The van der Waals surface area contributed by atoms with E-state index in [9.17, 15) is 0 Å². The smallest absolute Gasteiger partial charge is 0.153 e. The minimum Gasteiger partial charge on any atom is -0.264 e. The molecule has 0 N–H and O–H groups in total. The first kappa shape index (κ1) is 12.2. The highest BCUT2D eigenvalue weighted by atomic mass is 127. The number of hydrogen-bond donors (Lipinski definition) is 0. The zero-order valence-electron chi connectivity index (χ0n) is 9.99. The Morgan fingerprint density at radius 1 is 0.947 bits per heavy atom. The molecule has 19 heavy (non-hydrogen) atoms. The van der Waals surface area contributed by atoms with Crippen LogP contribution in [0.4, 0.5) is 0 Å².